The molecule has 0 fully saturated rings. The van der Waals surface area contributed by atoms with Crippen LogP contribution in [0, 0.1) is 0 Å². The Balaban J connectivity index is 1.77. The second-order valence-corrected chi connectivity index (χ2v) is 5.18. The van der Waals surface area contributed by atoms with Crippen molar-refractivity contribution in [3.05, 3.63) is 59.7 Å². The maximum absolute atomic E-state index is 6.14. The van der Waals surface area contributed by atoms with Crippen LogP contribution < -0.4 is 5.32 Å². The van der Waals surface area contributed by atoms with Gasteiger partial charge in [-0.15, -0.1) is 0 Å². The van der Waals surface area contributed by atoms with Gasteiger partial charge >= 0.3 is 0 Å². The van der Waals surface area contributed by atoms with Crippen LogP contribution >= 0.6 is 0 Å². The molecule has 2 heteroatoms. The third kappa shape index (κ3) is 2.49. The molecule has 0 amide bonds. The van der Waals surface area contributed by atoms with Gasteiger partial charge in [0.2, 0.25) is 0 Å². The fraction of sp³-hybridized carbons (Fsp3) is 0.333. The molecule has 2 aromatic rings. The molecule has 1 N–H and O–H groups in total. The molecule has 0 atom stereocenters. The average Bonchev–Trinajstić information content (AvgIpc) is 2.82. The van der Waals surface area contributed by atoms with Crippen LogP contribution in [0.4, 0.5) is 0 Å². The van der Waals surface area contributed by atoms with Crippen LogP contribution in [-0.4, -0.2) is 19.7 Å². The number of ether oxygens (including phenoxy) is 1. The molecule has 1 aliphatic carbocycles. The van der Waals surface area contributed by atoms with Gasteiger partial charge in [-0.2, -0.15) is 0 Å². The Kier molecular flexibility index (Phi) is 4.14. The SMILES string of the molecule is CCCNCCOC1c2ccccc2-c2ccccc21. The smallest absolute Gasteiger partial charge is 0.109 e. The minimum Gasteiger partial charge on any atom is -0.367 e. The fourth-order valence-electron chi connectivity index (χ4n) is 2.84. The van der Waals surface area contributed by atoms with E-state index < -0.39 is 0 Å². The van der Waals surface area contributed by atoms with Gasteiger partial charge in [0.15, 0.2) is 0 Å². The van der Waals surface area contributed by atoms with Crippen molar-refractivity contribution in [3.63, 3.8) is 0 Å². The highest BCUT2D eigenvalue weighted by Crippen LogP contribution is 2.44. The van der Waals surface area contributed by atoms with Crippen molar-refractivity contribution in [1.29, 1.82) is 0 Å². The average molecular weight is 267 g/mol. The lowest BCUT2D eigenvalue weighted by molar-refractivity contribution is 0.0851. The molecule has 0 spiro atoms. The van der Waals surface area contributed by atoms with E-state index in [1.165, 1.54) is 22.3 Å². The van der Waals surface area contributed by atoms with E-state index in [0.717, 1.165) is 26.1 Å². The zero-order valence-electron chi connectivity index (χ0n) is 11.9. The largest absolute Gasteiger partial charge is 0.367 e. The third-order valence-electron chi connectivity index (χ3n) is 3.77. The van der Waals surface area contributed by atoms with Crippen LogP contribution in [-0.2, 0) is 4.74 Å². The molecule has 0 unspecified atom stereocenters. The lowest BCUT2D eigenvalue weighted by atomic mass is 10.1. The maximum atomic E-state index is 6.14. The molecular formula is C18H21NO. The summed E-state index contributed by atoms with van der Waals surface area (Å²) in [5.74, 6) is 0. The Bertz CT molecular complexity index is 534. The number of hydrogen-bond donors (Lipinski definition) is 1. The van der Waals surface area contributed by atoms with Gasteiger partial charge in [0.05, 0.1) is 6.61 Å². The standard InChI is InChI=1S/C18H21NO/c1-2-11-19-12-13-20-18-16-9-5-3-7-14(16)15-8-4-6-10-17(15)18/h3-10,18-19H,2,11-13H2,1H3. The van der Waals surface area contributed by atoms with Crippen molar-refractivity contribution in [2.75, 3.05) is 19.7 Å². The van der Waals surface area contributed by atoms with Crippen LogP contribution in [0.1, 0.15) is 30.6 Å². The normalized spacial score (nSPS) is 13.2. The summed E-state index contributed by atoms with van der Waals surface area (Å²) in [6.45, 7) is 4.89. The first-order valence-electron chi connectivity index (χ1n) is 7.42. The van der Waals surface area contributed by atoms with E-state index in [4.69, 9.17) is 4.74 Å². The number of rotatable bonds is 6. The molecule has 0 heterocycles. The van der Waals surface area contributed by atoms with E-state index in [1.807, 2.05) is 0 Å². The molecule has 0 saturated carbocycles. The predicted molar refractivity (Wildman–Crippen MR) is 82.8 cm³/mol. The first kappa shape index (κ1) is 13.3. The highest BCUT2D eigenvalue weighted by molar-refractivity contribution is 5.77. The fourth-order valence-corrected chi connectivity index (χ4v) is 2.84. The summed E-state index contributed by atoms with van der Waals surface area (Å²) in [6, 6.07) is 17.1. The highest BCUT2D eigenvalue weighted by Gasteiger charge is 2.28. The monoisotopic (exact) mass is 267 g/mol. The van der Waals surface area contributed by atoms with Gasteiger partial charge in [0.25, 0.3) is 0 Å². The summed E-state index contributed by atoms with van der Waals surface area (Å²) in [5.41, 5.74) is 5.22. The molecule has 0 bridgehead atoms. The van der Waals surface area contributed by atoms with Crippen molar-refractivity contribution in [2.45, 2.75) is 19.4 Å². The molecule has 1 aliphatic rings. The van der Waals surface area contributed by atoms with Gasteiger partial charge in [-0.3, -0.25) is 0 Å². The maximum Gasteiger partial charge on any atom is 0.109 e. The summed E-state index contributed by atoms with van der Waals surface area (Å²) in [6.07, 6.45) is 1.25. The minimum absolute atomic E-state index is 0.0887. The third-order valence-corrected chi connectivity index (χ3v) is 3.77. The molecule has 0 aromatic heterocycles. The van der Waals surface area contributed by atoms with Crippen LogP contribution in [0.3, 0.4) is 0 Å². The Hall–Kier alpha value is -1.64. The first-order valence-corrected chi connectivity index (χ1v) is 7.42. The van der Waals surface area contributed by atoms with Crippen molar-refractivity contribution in [2.24, 2.45) is 0 Å². The summed E-state index contributed by atoms with van der Waals surface area (Å²) in [4.78, 5) is 0. The van der Waals surface area contributed by atoms with Crippen LogP contribution in [0.2, 0.25) is 0 Å². The van der Waals surface area contributed by atoms with E-state index in [2.05, 4.69) is 60.8 Å². The molecule has 20 heavy (non-hydrogen) atoms. The Morgan fingerprint density at radius 2 is 1.50 bits per heavy atom. The van der Waals surface area contributed by atoms with Crippen LogP contribution in [0.5, 0.6) is 0 Å². The minimum atomic E-state index is 0.0887. The lowest BCUT2D eigenvalue weighted by Gasteiger charge is -2.15. The molecular weight excluding hydrogens is 246 g/mol. The molecule has 0 saturated heterocycles. The zero-order chi connectivity index (χ0) is 13.8. The van der Waals surface area contributed by atoms with Gasteiger partial charge in [-0.05, 0) is 35.2 Å². The van der Waals surface area contributed by atoms with E-state index in [-0.39, 0.29) is 6.10 Å². The van der Waals surface area contributed by atoms with Crippen LogP contribution in [0.15, 0.2) is 48.5 Å². The second-order valence-electron chi connectivity index (χ2n) is 5.18. The van der Waals surface area contributed by atoms with E-state index >= 15 is 0 Å². The molecule has 104 valence electrons. The number of nitrogens with one attached hydrogen (secondary N) is 1. The van der Waals surface area contributed by atoms with Gasteiger partial charge in [0, 0.05) is 6.54 Å². The van der Waals surface area contributed by atoms with E-state index in [9.17, 15) is 0 Å². The first-order chi connectivity index (χ1) is 9.92. The Morgan fingerprint density at radius 3 is 2.10 bits per heavy atom. The Morgan fingerprint density at radius 1 is 0.900 bits per heavy atom. The summed E-state index contributed by atoms with van der Waals surface area (Å²) in [5, 5.41) is 3.38. The summed E-state index contributed by atoms with van der Waals surface area (Å²) in [7, 11) is 0. The van der Waals surface area contributed by atoms with Gasteiger partial charge < -0.3 is 10.1 Å². The highest BCUT2D eigenvalue weighted by atomic mass is 16.5. The second kappa shape index (κ2) is 6.21. The number of fused-ring (bicyclic) bond motifs is 3. The van der Waals surface area contributed by atoms with Gasteiger partial charge in [-0.1, -0.05) is 55.5 Å². The van der Waals surface area contributed by atoms with Crippen molar-refractivity contribution in [1.82, 2.24) is 5.32 Å². The Labute approximate surface area is 120 Å². The summed E-state index contributed by atoms with van der Waals surface area (Å²) < 4.78 is 6.14. The topological polar surface area (TPSA) is 21.3 Å². The predicted octanol–water partition coefficient (Wildman–Crippen LogP) is 3.77. The van der Waals surface area contributed by atoms with Gasteiger partial charge in [-0.25, -0.2) is 0 Å². The molecule has 0 radical (unpaired) electrons. The lowest BCUT2D eigenvalue weighted by Crippen LogP contribution is -2.21. The quantitative estimate of drug-likeness (QED) is 0.804. The molecule has 3 rings (SSSR count). The van der Waals surface area contributed by atoms with E-state index in [0.29, 0.717) is 0 Å². The van der Waals surface area contributed by atoms with Crippen molar-refractivity contribution < 1.29 is 4.74 Å². The molecule has 2 nitrogen and oxygen atoms in total. The number of hydrogen-bond acceptors (Lipinski definition) is 2. The van der Waals surface area contributed by atoms with Crippen molar-refractivity contribution >= 4 is 0 Å². The zero-order valence-corrected chi connectivity index (χ0v) is 11.9. The molecule has 0 aliphatic heterocycles. The van der Waals surface area contributed by atoms with E-state index in [1.54, 1.807) is 0 Å². The van der Waals surface area contributed by atoms with Crippen molar-refractivity contribution in [3.8, 4) is 11.1 Å². The van der Waals surface area contributed by atoms with Gasteiger partial charge in [0.1, 0.15) is 6.10 Å². The molecule has 2 aromatic carbocycles. The number of benzene rings is 2. The summed E-state index contributed by atoms with van der Waals surface area (Å²) >= 11 is 0. The van der Waals surface area contributed by atoms with Crippen LogP contribution in [0.25, 0.3) is 11.1 Å².